The molecule has 1 amide bonds. The number of nitrogens with zero attached hydrogens (tertiary/aromatic N) is 1. The van der Waals surface area contributed by atoms with Crippen molar-refractivity contribution in [1.82, 2.24) is 10.2 Å². The zero-order valence-corrected chi connectivity index (χ0v) is 12.1. The molecule has 2 saturated heterocycles. The molecule has 0 aromatic carbocycles. The molecule has 2 aliphatic rings. The molecule has 5 heteroatoms. The van der Waals surface area contributed by atoms with Gasteiger partial charge in [0.1, 0.15) is 12.2 Å². The summed E-state index contributed by atoms with van der Waals surface area (Å²) in [5.74, 6) is 0.906. The Balaban J connectivity index is 1.74. The van der Waals surface area contributed by atoms with Gasteiger partial charge in [-0.15, -0.1) is 0 Å². The first-order valence-electron chi connectivity index (χ1n) is 7.28. The number of hydrogen-bond acceptors (Lipinski definition) is 4. The Morgan fingerprint density at radius 2 is 1.95 bits per heavy atom. The van der Waals surface area contributed by atoms with E-state index in [4.69, 9.17) is 9.47 Å². The van der Waals surface area contributed by atoms with Crippen LogP contribution >= 0.6 is 0 Å². The van der Waals surface area contributed by atoms with Gasteiger partial charge in [0.05, 0.1) is 0 Å². The van der Waals surface area contributed by atoms with Crippen LogP contribution in [0, 0.1) is 5.92 Å². The summed E-state index contributed by atoms with van der Waals surface area (Å²) in [5.41, 5.74) is 0. The van der Waals surface area contributed by atoms with E-state index in [1.807, 2.05) is 4.90 Å². The Morgan fingerprint density at radius 1 is 1.26 bits per heavy atom. The molecule has 0 saturated carbocycles. The average molecular weight is 270 g/mol. The van der Waals surface area contributed by atoms with Crippen LogP contribution in [0.2, 0.25) is 0 Å². The van der Waals surface area contributed by atoms with E-state index in [0.717, 1.165) is 19.5 Å². The monoisotopic (exact) mass is 270 g/mol. The number of amides is 1. The van der Waals surface area contributed by atoms with Gasteiger partial charge >= 0.3 is 0 Å². The highest BCUT2D eigenvalue weighted by atomic mass is 16.5. The molecule has 2 heterocycles. The normalized spacial score (nSPS) is 31.7. The van der Waals surface area contributed by atoms with Crippen molar-refractivity contribution in [1.29, 1.82) is 0 Å². The molecule has 0 aromatic heterocycles. The lowest BCUT2D eigenvalue weighted by atomic mass is 9.94. The highest BCUT2D eigenvalue weighted by molar-refractivity contribution is 5.76. The lowest BCUT2D eigenvalue weighted by Gasteiger charge is -2.23. The highest BCUT2D eigenvalue weighted by Gasteiger charge is 2.35. The van der Waals surface area contributed by atoms with Crippen LogP contribution in [-0.4, -0.2) is 63.4 Å². The van der Waals surface area contributed by atoms with Gasteiger partial charge < -0.3 is 19.7 Å². The van der Waals surface area contributed by atoms with Gasteiger partial charge in [-0.2, -0.15) is 0 Å². The molecule has 0 spiro atoms. The molecule has 0 aliphatic carbocycles. The van der Waals surface area contributed by atoms with Crippen molar-refractivity contribution >= 4 is 5.91 Å². The van der Waals surface area contributed by atoms with Crippen LogP contribution in [0.3, 0.4) is 0 Å². The maximum atomic E-state index is 12.2. The largest absolute Gasteiger partial charge is 0.377 e. The summed E-state index contributed by atoms with van der Waals surface area (Å²) in [6, 6.07) is 0. The number of carbonyl (C=O) groups is 1. The third-order valence-electron chi connectivity index (χ3n) is 4.34. The molecule has 3 atom stereocenters. The first-order chi connectivity index (χ1) is 9.24. The van der Waals surface area contributed by atoms with E-state index in [1.165, 1.54) is 12.8 Å². The van der Waals surface area contributed by atoms with Gasteiger partial charge in [-0.1, -0.05) is 0 Å². The third-order valence-corrected chi connectivity index (χ3v) is 4.34. The van der Waals surface area contributed by atoms with Crippen molar-refractivity contribution in [3.8, 4) is 0 Å². The summed E-state index contributed by atoms with van der Waals surface area (Å²) in [4.78, 5) is 14.1. The van der Waals surface area contributed by atoms with Gasteiger partial charge in [-0.25, -0.2) is 0 Å². The molecule has 1 N–H and O–H groups in total. The summed E-state index contributed by atoms with van der Waals surface area (Å²) in [6.45, 7) is 3.52. The van der Waals surface area contributed by atoms with E-state index in [2.05, 4.69) is 5.32 Å². The first-order valence-corrected chi connectivity index (χ1v) is 7.28. The molecule has 2 fully saturated rings. The molecule has 0 radical (unpaired) electrons. The lowest BCUT2D eigenvalue weighted by molar-refractivity contribution is -0.131. The van der Waals surface area contributed by atoms with Gasteiger partial charge in [0, 0.05) is 33.7 Å². The van der Waals surface area contributed by atoms with Crippen LogP contribution in [-0.2, 0) is 14.3 Å². The molecule has 2 aliphatic heterocycles. The number of carbonyl (C=O) groups excluding carboxylic acids is 1. The Hall–Kier alpha value is -0.650. The number of nitrogens with one attached hydrogen (secondary N) is 1. The van der Waals surface area contributed by atoms with Crippen molar-refractivity contribution < 1.29 is 14.3 Å². The summed E-state index contributed by atoms with van der Waals surface area (Å²) in [6.07, 6.45) is 4.18. The number of hydrogen-bond donors (Lipinski definition) is 1. The minimum Gasteiger partial charge on any atom is -0.377 e. The van der Waals surface area contributed by atoms with E-state index in [1.54, 1.807) is 14.2 Å². The van der Waals surface area contributed by atoms with E-state index in [0.29, 0.717) is 25.4 Å². The van der Waals surface area contributed by atoms with Crippen LogP contribution < -0.4 is 5.32 Å². The fourth-order valence-electron chi connectivity index (χ4n) is 3.06. The van der Waals surface area contributed by atoms with Crippen LogP contribution in [0.15, 0.2) is 0 Å². The van der Waals surface area contributed by atoms with Crippen molar-refractivity contribution in [3.63, 3.8) is 0 Å². The summed E-state index contributed by atoms with van der Waals surface area (Å²) >= 11 is 0. The molecule has 0 bridgehead atoms. The van der Waals surface area contributed by atoms with Gasteiger partial charge in [0.2, 0.25) is 5.91 Å². The quantitative estimate of drug-likeness (QED) is 0.796. The second kappa shape index (κ2) is 7.22. The second-order valence-corrected chi connectivity index (χ2v) is 5.60. The molecule has 5 nitrogen and oxygen atoms in total. The fraction of sp³-hybridized carbons (Fsp3) is 0.929. The number of rotatable bonds is 5. The Kier molecular flexibility index (Phi) is 5.60. The Bertz CT molecular complexity index is 280. The van der Waals surface area contributed by atoms with Gasteiger partial charge in [-0.3, -0.25) is 4.79 Å². The van der Waals surface area contributed by atoms with Gasteiger partial charge in [0.25, 0.3) is 0 Å². The topological polar surface area (TPSA) is 50.8 Å². The lowest BCUT2D eigenvalue weighted by Crippen LogP contribution is -2.33. The van der Waals surface area contributed by atoms with Gasteiger partial charge in [0.15, 0.2) is 0 Å². The number of methoxy groups -OCH3 is 2. The predicted molar refractivity (Wildman–Crippen MR) is 73.0 cm³/mol. The van der Waals surface area contributed by atoms with E-state index >= 15 is 0 Å². The number of likely N-dealkylation sites (tertiary alicyclic amines) is 1. The Morgan fingerprint density at radius 3 is 2.47 bits per heavy atom. The minimum absolute atomic E-state index is 0.0188. The van der Waals surface area contributed by atoms with E-state index in [-0.39, 0.29) is 18.1 Å². The molecule has 0 aromatic rings. The first kappa shape index (κ1) is 14.8. The molecule has 2 rings (SSSR count). The van der Waals surface area contributed by atoms with Crippen LogP contribution in [0.5, 0.6) is 0 Å². The van der Waals surface area contributed by atoms with Crippen LogP contribution in [0.1, 0.15) is 25.7 Å². The fourth-order valence-corrected chi connectivity index (χ4v) is 3.06. The molecular weight excluding hydrogens is 244 g/mol. The minimum atomic E-state index is 0.0188. The summed E-state index contributed by atoms with van der Waals surface area (Å²) in [5, 5.41) is 3.40. The zero-order valence-electron chi connectivity index (χ0n) is 12.1. The Labute approximate surface area is 115 Å². The summed E-state index contributed by atoms with van der Waals surface area (Å²) in [7, 11) is 3.36. The van der Waals surface area contributed by atoms with Gasteiger partial charge in [-0.05, 0) is 38.3 Å². The molecule has 110 valence electrons. The maximum Gasteiger partial charge on any atom is 0.222 e. The van der Waals surface area contributed by atoms with Crippen molar-refractivity contribution in [2.45, 2.75) is 37.9 Å². The SMILES string of the molecule is COC1CN(C(=O)CCC2CCCNC2)CC1OC. The van der Waals surface area contributed by atoms with Crippen molar-refractivity contribution in [2.24, 2.45) is 5.92 Å². The van der Waals surface area contributed by atoms with Crippen molar-refractivity contribution in [3.05, 3.63) is 0 Å². The third kappa shape index (κ3) is 3.91. The number of piperidine rings is 1. The second-order valence-electron chi connectivity index (χ2n) is 5.60. The van der Waals surface area contributed by atoms with E-state index in [9.17, 15) is 4.79 Å². The average Bonchev–Trinajstić information content (AvgIpc) is 2.89. The number of ether oxygens (including phenoxy) is 2. The highest BCUT2D eigenvalue weighted by Crippen LogP contribution is 2.20. The molecule has 3 unspecified atom stereocenters. The molecule has 19 heavy (non-hydrogen) atoms. The predicted octanol–water partition coefficient (Wildman–Crippen LogP) is 0.638. The zero-order chi connectivity index (χ0) is 13.7. The maximum absolute atomic E-state index is 12.2. The molecular formula is C14H26N2O3. The van der Waals surface area contributed by atoms with E-state index < -0.39 is 0 Å². The van der Waals surface area contributed by atoms with Crippen molar-refractivity contribution in [2.75, 3.05) is 40.4 Å². The van der Waals surface area contributed by atoms with Crippen LogP contribution in [0.25, 0.3) is 0 Å². The standard InChI is InChI=1S/C14H26N2O3/c1-18-12-9-16(10-13(12)19-2)14(17)6-5-11-4-3-7-15-8-11/h11-13,15H,3-10H2,1-2H3. The van der Waals surface area contributed by atoms with Crippen LogP contribution in [0.4, 0.5) is 0 Å². The summed E-state index contributed by atoms with van der Waals surface area (Å²) < 4.78 is 10.7. The smallest absolute Gasteiger partial charge is 0.222 e.